The first kappa shape index (κ1) is 22.1. The molecule has 1 aromatic heterocycles. The van der Waals surface area contributed by atoms with Gasteiger partial charge in [0.2, 0.25) is 0 Å². The lowest BCUT2D eigenvalue weighted by molar-refractivity contribution is 0.0115. The van der Waals surface area contributed by atoms with Crippen molar-refractivity contribution in [1.29, 1.82) is 0 Å². The minimum absolute atomic E-state index is 0.0821. The van der Waals surface area contributed by atoms with Gasteiger partial charge >= 0.3 is 0 Å². The lowest BCUT2D eigenvalue weighted by Crippen LogP contribution is -2.49. The molecule has 3 aromatic rings. The summed E-state index contributed by atoms with van der Waals surface area (Å²) in [5, 5.41) is 0.943. The van der Waals surface area contributed by atoms with Gasteiger partial charge in [0, 0.05) is 70.0 Å². The van der Waals surface area contributed by atoms with E-state index in [4.69, 9.17) is 10.5 Å². The van der Waals surface area contributed by atoms with Crippen LogP contribution >= 0.6 is 15.9 Å². The summed E-state index contributed by atoms with van der Waals surface area (Å²) < 4.78 is 6.53. The topological polar surface area (TPSA) is 74.6 Å². The molecule has 178 valence electrons. The average molecular weight is 523 g/mol. The van der Waals surface area contributed by atoms with Crippen molar-refractivity contribution < 1.29 is 9.53 Å². The fraction of sp³-hybridized carbons (Fsp3) is 0.444. The second-order valence-corrected chi connectivity index (χ2v) is 11.2. The van der Waals surface area contributed by atoms with Crippen molar-refractivity contribution in [2.24, 2.45) is 0 Å². The summed E-state index contributed by atoms with van der Waals surface area (Å²) in [7, 11) is 0. The number of aromatic nitrogens is 1. The fourth-order valence-corrected chi connectivity index (χ4v) is 6.71. The first-order valence-electron chi connectivity index (χ1n) is 12.2. The maximum Gasteiger partial charge on any atom is 0.195 e. The number of morpholine rings is 1. The van der Waals surface area contributed by atoms with Gasteiger partial charge in [0.05, 0.1) is 24.5 Å². The Labute approximate surface area is 208 Å². The van der Waals surface area contributed by atoms with Gasteiger partial charge in [-0.25, -0.2) is 0 Å². The average Bonchev–Trinajstić information content (AvgIpc) is 3.23. The number of halogens is 1. The third-order valence-corrected chi connectivity index (χ3v) is 8.68. The molecular weight excluding hydrogens is 492 g/mol. The van der Waals surface area contributed by atoms with Crippen LogP contribution in [-0.2, 0) is 10.2 Å². The molecule has 7 heteroatoms. The van der Waals surface area contributed by atoms with Crippen LogP contribution in [0.5, 0.6) is 0 Å². The highest BCUT2D eigenvalue weighted by atomic mass is 79.9. The molecule has 6 nitrogen and oxygen atoms in total. The molecule has 6 rings (SSSR count). The Morgan fingerprint density at radius 1 is 1.09 bits per heavy atom. The number of hydrogen-bond acceptors (Lipinski definition) is 5. The van der Waals surface area contributed by atoms with E-state index in [1.165, 1.54) is 5.69 Å². The van der Waals surface area contributed by atoms with Crippen LogP contribution in [0.1, 0.15) is 53.9 Å². The highest BCUT2D eigenvalue weighted by molar-refractivity contribution is 9.10. The van der Waals surface area contributed by atoms with Crippen molar-refractivity contribution in [2.75, 3.05) is 50.0 Å². The number of fused-ring (bicyclic) bond motifs is 4. The Hall–Kier alpha value is -2.35. The van der Waals surface area contributed by atoms with E-state index in [0.29, 0.717) is 11.7 Å². The predicted molar refractivity (Wildman–Crippen MR) is 140 cm³/mol. The van der Waals surface area contributed by atoms with Crippen LogP contribution in [0.2, 0.25) is 0 Å². The van der Waals surface area contributed by atoms with Crippen LogP contribution < -0.4 is 10.6 Å². The molecule has 2 fully saturated rings. The molecule has 0 spiro atoms. The Balaban J connectivity index is 1.34. The molecule has 2 saturated heterocycles. The van der Waals surface area contributed by atoms with Gasteiger partial charge in [-0.3, -0.25) is 9.69 Å². The number of benzene rings is 2. The molecule has 34 heavy (non-hydrogen) atoms. The van der Waals surface area contributed by atoms with Crippen molar-refractivity contribution in [3.63, 3.8) is 0 Å². The molecule has 3 heterocycles. The summed E-state index contributed by atoms with van der Waals surface area (Å²) in [6.45, 7) is 10.2. The van der Waals surface area contributed by atoms with Gasteiger partial charge in [-0.05, 0) is 58.6 Å². The number of nitrogens with zero attached hydrogens (tertiary/aromatic N) is 2. The number of nitrogens with one attached hydrogen (secondary N) is 1. The van der Waals surface area contributed by atoms with Crippen LogP contribution in [0.3, 0.4) is 0 Å². The zero-order valence-electron chi connectivity index (χ0n) is 19.8. The third-order valence-electron chi connectivity index (χ3n) is 8.05. The SMILES string of the molecule is CC1(C)c2cc(N3CCC(N4CCOCC4)CC3)c(Br)cc2C(=O)c2c1[nH]c1cc(N)ccc21. The quantitative estimate of drug-likeness (QED) is 0.477. The number of H-pyrrole nitrogens is 1. The van der Waals surface area contributed by atoms with Crippen LogP contribution in [0.4, 0.5) is 11.4 Å². The largest absolute Gasteiger partial charge is 0.399 e. The van der Waals surface area contributed by atoms with Gasteiger partial charge in [-0.15, -0.1) is 0 Å². The van der Waals surface area contributed by atoms with Gasteiger partial charge < -0.3 is 20.4 Å². The monoisotopic (exact) mass is 522 g/mol. The maximum atomic E-state index is 13.7. The summed E-state index contributed by atoms with van der Waals surface area (Å²) in [6, 6.07) is 10.7. The molecule has 0 bridgehead atoms. The molecule has 0 unspecified atom stereocenters. The van der Waals surface area contributed by atoms with Crippen molar-refractivity contribution >= 4 is 44.0 Å². The molecule has 0 amide bonds. The summed E-state index contributed by atoms with van der Waals surface area (Å²) >= 11 is 3.81. The van der Waals surface area contributed by atoms with E-state index >= 15 is 0 Å². The van der Waals surface area contributed by atoms with E-state index in [2.05, 4.69) is 50.6 Å². The molecule has 0 atom stereocenters. The zero-order valence-corrected chi connectivity index (χ0v) is 21.4. The molecule has 3 N–H and O–H groups in total. The normalized spacial score (nSPS) is 21.0. The summed E-state index contributed by atoms with van der Waals surface area (Å²) in [5.41, 5.74) is 12.1. The number of ether oxygens (including phenoxy) is 1. The Morgan fingerprint density at radius 3 is 2.56 bits per heavy atom. The summed E-state index contributed by atoms with van der Waals surface area (Å²) in [4.78, 5) is 22.3. The predicted octanol–water partition coefficient (Wildman–Crippen LogP) is 4.68. The van der Waals surface area contributed by atoms with Gasteiger partial charge in [-0.2, -0.15) is 0 Å². The number of hydrogen-bond donors (Lipinski definition) is 2. The van der Waals surface area contributed by atoms with E-state index in [9.17, 15) is 4.79 Å². The van der Waals surface area contributed by atoms with Crippen molar-refractivity contribution in [2.45, 2.75) is 38.1 Å². The number of carbonyl (C=O) groups is 1. The molecular formula is C27H31BrN4O2. The lowest BCUT2D eigenvalue weighted by atomic mass is 9.71. The Morgan fingerprint density at radius 2 is 1.82 bits per heavy atom. The number of aromatic amines is 1. The number of carbonyl (C=O) groups excluding carboxylic acids is 1. The smallest absolute Gasteiger partial charge is 0.195 e. The summed E-state index contributed by atoms with van der Waals surface area (Å²) in [5.74, 6) is 0.0821. The molecule has 0 saturated carbocycles. The standard InChI is InChI=1S/C27H31BrN4O2/c1-27(2)20-15-23(32-7-5-17(6-8-32)31-9-11-34-12-10-31)21(28)14-19(20)25(33)24-18-4-3-16(29)13-22(18)30-26(24)27/h3-4,13-15,17,30H,5-12,29H2,1-2H3. The second-order valence-electron chi connectivity index (χ2n) is 10.3. The first-order chi connectivity index (χ1) is 16.3. The maximum absolute atomic E-state index is 13.7. The van der Waals surface area contributed by atoms with Crippen LogP contribution in [0.15, 0.2) is 34.8 Å². The van der Waals surface area contributed by atoms with Gasteiger partial charge in [-0.1, -0.05) is 19.9 Å². The van der Waals surface area contributed by atoms with E-state index in [1.54, 1.807) is 0 Å². The molecule has 2 aliphatic heterocycles. The first-order valence-corrected chi connectivity index (χ1v) is 13.0. The fourth-order valence-electron chi connectivity index (χ4n) is 6.11. The van der Waals surface area contributed by atoms with Crippen LogP contribution in [0, 0.1) is 0 Å². The number of ketones is 1. The van der Waals surface area contributed by atoms with E-state index < -0.39 is 0 Å². The van der Waals surface area contributed by atoms with Gasteiger partial charge in [0.1, 0.15) is 0 Å². The van der Waals surface area contributed by atoms with Gasteiger partial charge in [0.15, 0.2) is 5.78 Å². The minimum Gasteiger partial charge on any atom is -0.399 e. The van der Waals surface area contributed by atoms with Crippen molar-refractivity contribution in [1.82, 2.24) is 9.88 Å². The number of piperidine rings is 1. The minimum atomic E-state index is -0.325. The number of nitrogen functional groups attached to an aromatic ring is 1. The second kappa shape index (κ2) is 8.11. The number of rotatable bonds is 2. The highest BCUT2D eigenvalue weighted by Crippen LogP contribution is 2.46. The van der Waals surface area contributed by atoms with E-state index in [0.717, 1.165) is 90.0 Å². The van der Waals surface area contributed by atoms with E-state index in [1.807, 2.05) is 24.3 Å². The van der Waals surface area contributed by atoms with Crippen molar-refractivity contribution in [3.8, 4) is 0 Å². The molecule has 3 aliphatic rings. The number of nitrogens with two attached hydrogens (primary N) is 1. The van der Waals surface area contributed by atoms with Crippen LogP contribution in [0.25, 0.3) is 10.9 Å². The molecule has 0 radical (unpaired) electrons. The highest BCUT2D eigenvalue weighted by Gasteiger charge is 2.40. The zero-order chi connectivity index (χ0) is 23.6. The lowest BCUT2D eigenvalue weighted by Gasteiger charge is -2.41. The van der Waals surface area contributed by atoms with Crippen molar-refractivity contribution in [3.05, 3.63) is 57.2 Å². The Kier molecular flexibility index (Phi) is 5.28. The summed E-state index contributed by atoms with van der Waals surface area (Å²) in [6.07, 6.45) is 2.30. The van der Waals surface area contributed by atoms with Gasteiger partial charge in [0.25, 0.3) is 0 Å². The Bertz CT molecular complexity index is 1280. The third kappa shape index (κ3) is 3.40. The molecule has 1 aliphatic carbocycles. The van der Waals surface area contributed by atoms with Crippen LogP contribution in [-0.4, -0.2) is 61.1 Å². The van der Waals surface area contributed by atoms with E-state index in [-0.39, 0.29) is 11.2 Å². The molecule has 2 aromatic carbocycles. The number of anilines is 2.